The number of carbonyl (C=O) groups excluding carboxylic acids is 1. The zero-order valence-corrected chi connectivity index (χ0v) is 18.6. The van der Waals surface area contributed by atoms with Gasteiger partial charge in [0.2, 0.25) is 0 Å². The Morgan fingerprint density at radius 2 is 1.90 bits per heavy atom. The van der Waals surface area contributed by atoms with Crippen LogP contribution in [0.15, 0.2) is 35.5 Å². The van der Waals surface area contributed by atoms with Gasteiger partial charge in [-0.1, -0.05) is 61.7 Å². The summed E-state index contributed by atoms with van der Waals surface area (Å²) in [4.78, 5) is 23.5. The van der Waals surface area contributed by atoms with E-state index in [9.17, 15) is 4.79 Å². The fourth-order valence-corrected chi connectivity index (χ4v) is 4.35. The molecule has 1 amide bonds. The summed E-state index contributed by atoms with van der Waals surface area (Å²) >= 11 is 7.76. The van der Waals surface area contributed by atoms with Crippen molar-refractivity contribution in [2.24, 2.45) is 0 Å². The normalized spacial score (nSPS) is 13.7. The van der Waals surface area contributed by atoms with Gasteiger partial charge in [0, 0.05) is 37.0 Å². The minimum Gasteiger partial charge on any atom is -0.356 e. The van der Waals surface area contributed by atoms with Crippen molar-refractivity contribution in [1.82, 2.24) is 15.3 Å². The van der Waals surface area contributed by atoms with Gasteiger partial charge in [-0.15, -0.1) is 0 Å². The standard InChI is InChI=1S/C22H29ClN4OS/c1-2-3-4-5-12-24-21(28)18-10-8-17(9-11-18)16-29-22-25-19(23)15-20(26-22)27-13-6-7-14-27/h8-11,15H,2-7,12-14,16H2,1H3,(H,24,28). The Kier molecular flexibility index (Phi) is 8.62. The summed E-state index contributed by atoms with van der Waals surface area (Å²) in [5, 5.41) is 4.16. The van der Waals surface area contributed by atoms with E-state index < -0.39 is 0 Å². The van der Waals surface area contributed by atoms with Gasteiger partial charge >= 0.3 is 0 Å². The average molecular weight is 433 g/mol. The largest absolute Gasteiger partial charge is 0.356 e. The molecule has 0 spiro atoms. The first-order valence-electron chi connectivity index (χ1n) is 10.4. The number of nitrogens with one attached hydrogen (secondary N) is 1. The molecule has 0 aliphatic carbocycles. The van der Waals surface area contributed by atoms with Crippen molar-refractivity contribution in [3.8, 4) is 0 Å². The Bertz CT molecular complexity index is 794. The van der Waals surface area contributed by atoms with Gasteiger partial charge < -0.3 is 10.2 Å². The number of aromatic nitrogens is 2. The van der Waals surface area contributed by atoms with E-state index >= 15 is 0 Å². The minimum atomic E-state index is -0.00543. The number of hydrogen-bond donors (Lipinski definition) is 1. The van der Waals surface area contributed by atoms with E-state index in [0.29, 0.717) is 15.9 Å². The highest BCUT2D eigenvalue weighted by Crippen LogP contribution is 2.26. The van der Waals surface area contributed by atoms with Crippen molar-refractivity contribution >= 4 is 35.1 Å². The van der Waals surface area contributed by atoms with Crippen LogP contribution in [0.25, 0.3) is 0 Å². The zero-order chi connectivity index (χ0) is 20.5. The summed E-state index contributed by atoms with van der Waals surface area (Å²) in [5.41, 5.74) is 1.82. The molecule has 1 aromatic carbocycles. The topological polar surface area (TPSA) is 58.1 Å². The first kappa shape index (κ1) is 21.9. The van der Waals surface area contributed by atoms with Crippen LogP contribution >= 0.6 is 23.4 Å². The molecule has 1 saturated heterocycles. The van der Waals surface area contributed by atoms with Crippen LogP contribution in [0.2, 0.25) is 5.15 Å². The Morgan fingerprint density at radius 1 is 1.14 bits per heavy atom. The number of nitrogens with zero attached hydrogens (tertiary/aromatic N) is 3. The molecule has 0 bridgehead atoms. The van der Waals surface area contributed by atoms with Gasteiger partial charge in [-0.3, -0.25) is 4.79 Å². The van der Waals surface area contributed by atoms with Crippen LogP contribution in [0.1, 0.15) is 61.4 Å². The van der Waals surface area contributed by atoms with E-state index in [1.165, 1.54) is 25.7 Å². The average Bonchev–Trinajstić information content (AvgIpc) is 3.27. The highest BCUT2D eigenvalue weighted by atomic mass is 35.5. The Labute approximate surface area is 182 Å². The third-order valence-electron chi connectivity index (χ3n) is 4.99. The first-order chi connectivity index (χ1) is 14.2. The molecule has 156 valence electrons. The van der Waals surface area contributed by atoms with Crippen LogP contribution in [0.5, 0.6) is 0 Å². The number of halogens is 1. The molecule has 1 aromatic heterocycles. The van der Waals surface area contributed by atoms with Crippen molar-refractivity contribution in [2.45, 2.75) is 56.4 Å². The summed E-state index contributed by atoms with van der Waals surface area (Å²) in [6.07, 6.45) is 7.02. The maximum atomic E-state index is 12.2. The van der Waals surface area contributed by atoms with Crippen molar-refractivity contribution in [1.29, 1.82) is 0 Å². The lowest BCUT2D eigenvalue weighted by molar-refractivity contribution is 0.0953. The summed E-state index contributed by atoms with van der Waals surface area (Å²) < 4.78 is 0. The first-order valence-corrected chi connectivity index (χ1v) is 11.8. The highest BCUT2D eigenvalue weighted by molar-refractivity contribution is 7.98. The molecule has 0 saturated carbocycles. The van der Waals surface area contributed by atoms with Gasteiger partial charge in [0.15, 0.2) is 5.16 Å². The number of carbonyl (C=O) groups is 1. The maximum Gasteiger partial charge on any atom is 0.251 e. The van der Waals surface area contributed by atoms with Crippen LogP contribution in [0.3, 0.4) is 0 Å². The van der Waals surface area contributed by atoms with Gasteiger partial charge in [-0.05, 0) is 37.0 Å². The number of rotatable bonds is 10. The van der Waals surface area contributed by atoms with E-state index in [-0.39, 0.29) is 5.91 Å². The quantitative estimate of drug-likeness (QED) is 0.238. The second kappa shape index (κ2) is 11.4. The highest BCUT2D eigenvalue weighted by Gasteiger charge is 2.15. The summed E-state index contributed by atoms with van der Waals surface area (Å²) in [5.74, 6) is 1.64. The summed E-state index contributed by atoms with van der Waals surface area (Å²) in [6.45, 7) is 4.98. The molecular weight excluding hydrogens is 404 g/mol. The fraction of sp³-hybridized carbons (Fsp3) is 0.500. The molecule has 2 aromatic rings. The fourth-order valence-electron chi connectivity index (χ4n) is 3.31. The molecule has 29 heavy (non-hydrogen) atoms. The number of anilines is 1. The van der Waals surface area contributed by atoms with Crippen molar-refractivity contribution in [2.75, 3.05) is 24.5 Å². The van der Waals surface area contributed by atoms with Crippen LogP contribution in [0.4, 0.5) is 5.82 Å². The van der Waals surface area contributed by atoms with E-state index in [0.717, 1.165) is 49.6 Å². The van der Waals surface area contributed by atoms with Crippen molar-refractivity contribution < 1.29 is 4.79 Å². The molecule has 7 heteroatoms. The van der Waals surface area contributed by atoms with Crippen LogP contribution < -0.4 is 10.2 Å². The van der Waals surface area contributed by atoms with E-state index in [2.05, 4.69) is 27.1 Å². The maximum absolute atomic E-state index is 12.2. The molecule has 1 aliphatic rings. The third-order valence-corrected chi connectivity index (χ3v) is 6.10. The van der Waals surface area contributed by atoms with Gasteiger partial charge in [0.1, 0.15) is 11.0 Å². The Morgan fingerprint density at radius 3 is 2.62 bits per heavy atom. The van der Waals surface area contributed by atoms with Gasteiger partial charge in [0.05, 0.1) is 0 Å². The van der Waals surface area contributed by atoms with Gasteiger partial charge in [-0.2, -0.15) is 0 Å². The monoisotopic (exact) mass is 432 g/mol. The van der Waals surface area contributed by atoms with Crippen molar-refractivity contribution in [3.05, 3.63) is 46.6 Å². The summed E-state index contributed by atoms with van der Waals surface area (Å²) in [6, 6.07) is 9.58. The lowest BCUT2D eigenvalue weighted by atomic mass is 10.1. The molecule has 2 heterocycles. The molecule has 1 N–H and O–H groups in total. The second-order valence-electron chi connectivity index (χ2n) is 7.33. The molecule has 0 unspecified atom stereocenters. The lowest BCUT2D eigenvalue weighted by Crippen LogP contribution is -2.24. The molecule has 5 nitrogen and oxygen atoms in total. The lowest BCUT2D eigenvalue weighted by Gasteiger charge is -2.16. The molecule has 3 rings (SSSR count). The number of unbranched alkanes of at least 4 members (excludes halogenated alkanes) is 3. The molecule has 0 radical (unpaired) electrons. The number of benzene rings is 1. The van der Waals surface area contributed by atoms with E-state index in [4.69, 9.17) is 11.6 Å². The predicted molar refractivity (Wildman–Crippen MR) is 121 cm³/mol. The SMILES string of the molecule is CCCCCCNC(=O)c1ccc(CSc2nc(Cl)cc(N3CCCC3)n2)cc1. The smallest absolute Gasteiger partial charge is 0.251 e. The summed E-state index contributed by atoms with van der Waals surface area (Å²) in [7, 11) is 0. The van der Waals surface area contributed by atoms with Crippen LogP contribution in [-0.2, 0) is 5.75 Å². The third kappa shape index (κ3) is 6.89. The zero-order valence-electron chi connectivity index (χ0n) is 17.0. The Hall–Kier alpha value is -1.79. The molecular formula is C22H29ClN4OS. The van der Waals surface area contributed by atoms with Crippen molar-refractivity contribution in [3.63, 3.8) is 0 Å². The molecule has 0 atom stereocenters. The number of thioether (sulfide) groups is 1. The van der Waals surface area contributed by atoms with E-state index in [1.807, 2.05) is 30.3 Å². The number of amides is 1. The van der Waals surface area contributed by atoms with Gasteiger partial charge in [0.25, 0.3) is 5.91 Å². The van der Waals surface area contributed by atoms with E-state index in [1.54, 1.807) is 11.8 Å². The molecule has 1 aliphatic heterocycles. The van der Waals surface area contributed by atoms with Crippen LogP contribution in [0, 0.1) is 0 Å². The molecule has 1 fully saturated rings. The van der Waals surface area contributed by atoms with Gasteiger partial charge in [-0.25, -0.2) is 9.97 Å². The van der Waals surface area contributed by atoms with Crippen LogP contribution in [-0.4, -0.2) is 35.5 Å². The minimum absolute atomic E-state index is 0.00543. The Balaban J connectivity index is 1.50. The number of hydrogen-bond acceptors (Lipinski definition) is 5. The predicted octanol–water partition coefficient (Wildman–Crippen LogP) is 5.33. The second-order valence-corrected chi connectivity index (χ2v) is 8.66.